The first-order chi connectivity index (χ1) is 14.0. The summed E-state index contributed by atoms with van der Waals surface area (Å²) < 4.78 is 10.6. The van der Waals surface area contributed by atoms with E-state index in [1.807, 2.05) is 41.3 Å². The lowest BCUT2D eigenvalue weighted by atomic mass is 9.92. The Balaban J connectivity index is 1.80. The maximum atomic E-state index is 13.3. The highest BCUT2D eigenvalue weighted by molar-refractivity contribution is 5.92. The standard InChI is InChI=1S/C24H28N2O3/c1-5-7-20-13-17(3)14-21(8-6-2)26(20)24(27)23-16-19(25-29-23)15-18-9-11-22(28-4)12-10-18/h5-6,9-13,16,20-21H,1-2,7-8,14-15H2,3-4H3/t20-,21-/m0/s1. The molecule has 1 aliphatic rings. The van der Waals surface area contributed by atoms with Crippen molar-refractivity contribution in [3.63, 3.8) is 0 Å². The highest BCUT2D eigenvalue weighted by Gasteiger charge is 2.34. The molecule has 152 valence electrons. The van der Waals surface area contributed by atoms with Crippen LogP contribution in [0.5, 0.6) is 5.75 Å². The Hall–Kier alpha value is -3.08. The highest BCUT2D eigenvalue weighted by Crippen LogP contribution is 2.29. The number of rotatable bonds is 8. The molecular weight excluding hydrogens is 364 g/mol. The Bertz CT molecular complexity index is 895. The molecule has 0 aliphatic carbocycles. The van der Waals surface area contributed by atoms with Crippen molar-refractivity contribution in [3.05, 3.63) is 84.3 Å². The van der Waals surface area contributed by atoms with Crippen molar-refractivity contribution < 1.29 is 14.1 Å². The maximum Gasteiger partial charge on any atom is 0.293 e. The number of hydrogen-bond acceptors (Lipinski definition) is 4. The molecule has 2 aromatic rings. The predicted octanol–water partition coefficient (Wildman–Crippen LogP) is 4.96. The van der Waals surface area contributed by atoms with Gasteiger partial charge in [0.25, 0.3) is 5.91 Å². The molecule has 1 aliphatic heterocycles. The molecule has 0 saturated heterocycles. The number of benzene rings is 1. The van der Waals surface area contributed by atoms with Gasteiger partial charge in [-0.3, -0.25) is 4.79 Å². The molecular formula is C24H28N2O3. The predicted molar refractivity (Wildman–Crippen MR) is 114 cm³/mol. The summed E-state index contributed by atoms with van der Waals surface area (Å²) in [5.74, 6) is 0.935. The van der Waals surface area contributed by atoms with Gasteiger partial charge in [0.1, 0.15) is 5.75 Å². The lowest BCUT2D eigenvalue weighted by Gasteiger charge is -2.39. The van der Waals surface area contributed by atoms with Gasteiger partial charge in [-0.25, -0.2) is 0 Å². The molecule has 1 aromatic carbocycles. The number of carbonyl (C=O) groups is 1. The zero-order chi connectivity index (χ0) is 20.8. The third-order valence-electron chi connectivity index (χ3n) is 5.18. The van der Waals surface area contributed by atoms with Crippen LogP contribution in [0.1, 0.15) is 48.0 Å². The minimum Gasteiger partial charge on any atom is -0.497 e. The minimum atomic E-state index is -0.138. The third kappa shape index (κ3) is 4.86. The molecule has 2 heterocycles. The molecule has 2 atom stereocenters. The van der Waals surface area contributed by atoms with Crippen molar-refractivity contribution >= 4 is 5.91 Å². The summed E-state index contributed by atoms with van der Waals surface area (Å²) in [5, 5.41) is 4.12. The molecule has 1 amide bonds. The Morgan fingerprint density at radius 3 is 2.66 bits per heavy atom. The first-order valence-corrected chi connectivity index (χ1v) is 9.86. The molecule has 0 unspecified atom stereocenters. The van der Waals surface area contributed by atoms with Gasteiger partial charge < -0.3 is 14.2 Å². The second kappa shape index (κ2) is 9.41. The van der Waals surface area contributed by atoms with E-state index in [-0.39, 0.29) is 23.8 Å². The molecule has 0 N–H and O–H groups in total. The summed E-state index contributed by atoms with van der Waals surface area (Å²) in [7, 11) is 1.64. The third-order valence-corrected chi connectivity index (χ3v) is 5.18. The molecule has 1 aromatic heterocycles. The number of amides is 1. The largest absolute Gasteiger partial charge is 0.497 e. The Morgan fingerprint density at radius 2 is 2.00 bits per heavy atom. The van der Waals surface area contributed by atoms with Gasteiger partial charge in [-0.2, -0.15) is 0 Å². The Kier molecular flexibility index (Phi) is 6.70. The van der Waals surface area contributed by atoms with E-state index < -0.39 is 0 Å². The summed E-state index contributed by atoms with van der Waals surface area (Å²) in [6, 6.07) is 9.54. The Morgan fingerprint density at radius 1 is 1.28 bits per heavy atom. The van der Waals surface area contributed by atoms with E-state index in [1.165, 1.54) is 5.57 Å². The van der Waals surface area contributed by atoms with Crippen LogP contribution in [0.15, 0.2) is 71.8 Å². The van der Waals surface area contributed by atoms with E-state index in [0.717, 1.165) is 29.8 Å². The topological polar surface area (TPSA) is 55.6 Å². The van der Waals surface area contributed by atoms with Gasteiger partial charge in [-0.1, -0.05) is 41.1 Å². The van der Waals surface area contributed by atoms with Crippen LogP contribution in [0.3, 0.4) is 0 Å². The van der Waals surface area contributed by atoms with E-state index in [4.69, 9.17) is 9.26 Å². The average Bonchev–Trinajstić information content (AvgIpc) is 3.17. The summed E-state index contributed by atoms with van der Waals surface area (Å²) in [4.78, 5) is 15.2. The summed E-state index contributed by atoms with van der Waals surface area (Å²) >= 11 is 0. The second-order valence-corrected chi connectivity index (χ2v) is 7.41. The smallest absolute Gasteiger partial charge is 0.293 e. The van der Waals surface area contributed by atoms with E-state index in [1.54, 1.807) is 13.2 Å². The van der Waals surface area contributed by atoms with Crippen LogP contribution in [0.25, 0.3) is 0 Å². The fourth-order valence-electron chi connectivity index (χ4n) is 3.85. The van der Waals surface area contributed by atoms with Crippen molar-refractivity contribution in [3.8, 4) is 5.75 Å². The van der Waals surface area contributed by atoms with Crippen molar-refractivity contribution in [2.24, 2.45) is 0 Å². The molecule has 0 spiro atoms. The number of nitrogens with zero attached hydrogens (tertiary/aromatic N) is 2. The van der Waals surface area contributed by atoms with Crippen LogP contribution in [0, 0.1) is 0 Å². The van der Waals surface area contributed by atoms with Crippen LogP contribution in [0.2, 0.25) is 0 Å². The molecule has 5 heteroatoms. The lowest BCUT2D eigenvalue weighted by Crippen LogP contribution is -2.48. The average molecular weight is 392 g/mol. The van der Waals surface area contributed by atoms with Crippen molar-refractivity contribution in [2.75, 3.05) is 7.11 Å². The molecule has 0 saturated carbocycles. The summed E-state index contributed by atoms with van der Waals surface area (Å²) in [6.45, 7) is 9.81. The molecule has 0 fully saturated rings. The SMILES string of the molecule is C=CC[C@H]1CC(C)=C[C@H](CC=C)N1C(=O)c1cc(Cc2ccc(OC)cc2)no1. The minimum absolute atomic E-state index is 0.0335. The summed E-state index contributed by atoms with van der Waals surface area (Å²) in [6.07, 6.45) is 8.71. The fraction of sp³-hybridized carbons (Fsp3) is 0.333. The van der Waals surface area contributed by atoms with E-state index in [2.05, 4.69) is 31.3 Å². The number of carbonyl (C=O) groups excluding carboxylic acids is 1. The molecule has 5 nitrogen and oxygen atoms in total. The van der Waals surface area contributed by atoms with Gasteiger partial charge in [0.2, 0.25) is 5.76 Å². The monoisotopic (exact) mass is 392 g/mol. The molecule has 0 radical (unpaired) electrons. The van der Waals surface area contributed by atoms with Gasteiger partial charge in [0.05, 0.1) is 18.8 Å². The van der Waals surface area contributed by atoms with Gasteiger partial charge >= 0.3 is 0 Å². The van der Waals surface area contributed by atoms with Crippen LogP contribution in [-0.2, 0) is 6.42 Å². The first-order valence-electron chi connectivity index (χ1n) is 9.86. The molecule has 29 heavy (non-hydrogen) atoms. The van der Waals surface area contributed by atoms with Gasteiger partial charge in [-0.15, -0.1) is 13.2 Å². The molecule has 0 bridgehead atoms. The van der Waals surface area contributed by atoms with Crippen molar-refractivity contribution in [2.45, 2.75) is 44.7 Å². The van der Waals surface area contributed by atoms with Crippen LogP contribution in [0.4, 0.5) is 0 Å². The van der Waals surface area contributed by atoms with E-state index >= 15 is 0 Å². The van der Waals surface area contributed by atoms with Gasteiger partial charge in [0.15, 0.2) is 0 Å². The van der Waals surface area contributed by atoms with Crippen LogP contribution in [-0.4, -0.2) is 35.2 Å². The number of methoxy groups -OCH3 is 1. The zero-order valence-electron chi connectivity index (χ0n) is 17.1. The highest BCUT2D eigenvalue weighted by atomic mass is 16.5. The van der Waals surface area contributed by atoms with Crippen LogP contribution < -0.4 is 4.74 Å². The maximum absolute atomic E-state index is 13.3. The lowest BCUT2D eigenvalue weighted by molar-refractivity contribution is 0.0558. The summed E-state index contributed by atoms with van der Waals surface area (Å²) in [5.41, 5.74) is 3.08. The Labute approximate surface area is 172 Å². The van der Waals surface area contributed by atoms with Crippen LogP contribution >= 0.6 is 0 Å². The van der Waals surface area contributed by atoms with E-state index in [0.29, 0.717) is 12.8 Å². The van der Waals surface area contributed by atoms with Gasteiger partial charge in [-0.05, 0) is 43.9 Å². The number of ether oxygens (including phenoxy) is 1. The van der Waals surface area contributed by atoms with Gasteiger partial charge in [0, 0.05) is 18.5 Å². The first kappa shape index (κ1) is 20.6. The fourth-order valence-corrected chi connectivity index (χ4v) is 3.85. The van der Waals surface area contributed by atoms with Crippen molar-refractivity contribution in [1.29, 1.82) is 0 Å². The van der Waals surface area contributed by atoms with Crippen molar-refractivity contribution in [1.82, 2.24) is 10.1 Å². The quantitative estimate of drug-likeness (QED) is 0.596. The zero-order valence-corrected chi connectivity index (χ0v) is 17.1. The molecule has 3 rings (SSSR count). The number of aromatic nitrogens is 1. The second-order valence-electron chi connectivity index (χ2n) is 7.41. The normalized spacial score (nSPS) is 18.8. The van der Waals surface area contributed by atoms with E-state index in [9.17, 15) is 4.79 Å². The number of hydrogen-bond donors (Lipinski definition) is 0.